The van der Waals surface area contributed by atoms with E-state index in [2.05, 4.69) is 12.2 Å². The number of nitrogens with one attached hydrogen (secondary N) is 1. The quantitative estimate of drug-likeness (QED) is 0.397. The van der Waals surface area contributed by atoms with Crippen molar-refractivity contribution in [1.29, 1.82) is 0 Å². The van der Waals surface area contributed by atoms with Crippen LogP contribution in [0.15, 0.2) is 59.6 Å². The Labute approximate surface area is 206 Å². The normalized spacial score (nSPS) is 17.4. The number of carbonyl (C=O) groups is 2. The molecule has 33 heavy (non-hydrogen) atoms. The average molecular weight is 486 g/mol. The van der Waals surface area contributed by atoms with Gasteiger partial charge in [0.25, 0.3) is 0 Å². The summed E-state index contributed by atoms with van der Waals surface area (Å²) in [5.41, 5.74) is 1.89. The third-order valence-electron chi connectivity index (χ3n) is 5.52. The Morgan fingerprint density at radius 2 is 1.82 bits per heavy atom. The van der Waals surface area contributed by atoms with Crippen molar-refractivity contribution in [2.24, 2.45) is 4.99 Å². The smallest absolute Gasteiger partial charge is 0.234 e. The number of amides is 2. The SMILES string of the molecule is CCCCCCCN1C(=O)CC(C(=O)NCCc2ccccc2)SC1=Nc1ccc(Cl)cc1. The molecule has 0 aromatic heterocycles. The van der Waals surface area contributed by atoms with Gasteiger partial charge in [0, 0.05) is 24.5 Å². The van der Waals surface area contributed by atoms with Crippen LogP contribution in [0.25, 0.3) is 0 Å². The topological polar surface area (TPSA) is 61.8 Å². The largest absolute Gasteiger partial charge is 0.355 e. The van der Waals surface area contributed by atoms with Gasteiger partial charge in [-0.2, -0.15) is 0 Å². The van der Waals surface area contributed by atoms with Crippen LogP contribution in [0.3, 0.4) is 0 Å². The van der Waals surface area contributed by atoms with Gasteiger partial charge in [0.2, 0.25) is 11.8 Å². The van der Waals surface area contributed by atoms with E-state index in [1.54, 1.807) is 17.0 Å². The first kappa shape index (κ1) is 25.3. The van der Waals surface area contributed by atoms with Gasteiger partial charge in [-0.15, -0.1) is 0 Å². The first-order valence-electron chi connectivity index (χ1n) is 11.7. The van der Waals surface area contributed by atoms with E-state index in [0.29, 0.717) is 23.3 Å². The lowest BCUT2D eigenvalue weighted by Crippen LogP contribution is -2.47. The summed E-state index contributed by atoms with van der Waals surface area (Å²) in [6, 6.07) is 17.2. The lowest BCUT2D eigenvalue weighted by atomic mass is 10.1. The minimum absolute atomic E-state index is 0.0415. The highest BCUT2D eigenvalue weighted by Crippen LogP contribution is 2.30. The predicted molar refractivity (Wildman–Crippen MR) is 138 cm³/mol. The molecule has 1 heterocycles. The number of rotatable bonds is 11. The number of hydrogen-bond donors (Lipinski definition) is 1. The Kier molecular flexibility index (Phi) is 10.3. The van der Waals surface area contributed by atoms with Gasteiger partial charge >= 0.3 is 0 Å². The first-order chi connectivity index (χ1) is 16.1. The Bertz CT molecular complexity index is 934. The zero-order valence-corrected chi connectivity index (χ0v) is 20.7. The van der Waals surface area contributed by atoms with Crippen LogP contribution in [-0.4, -0.2) is 40.2 Å². The highest BCUT2D eigenvalue weighted by molar-refractivity contribution is 8.15. The third-order valence-corrected chi connectivity index (χ3v) is 6.96. The number of nitrogens with zero attached hydrogens (tertiary/aromatic N) is 2. The van der Waals surface area contributed by atoms with Crippen LogP contribution in [0.4, 0.5) is 5.69 Å². The summed E-state index contributed by atoms with van der Waals surface area (Å²) >= 11 is 7.38. The summed E-state index contributed by atoms with van der Waals surface area (Å²) < 4.78 is 0. The fourth-order valence-electron chi connectivity index (χ4n) is 3.65. The zero-order chi connectivity index (χ0) is 23.5. The number of thioether (sulfide) groups is 1. The molecule has 176 valence electrons. The number of benzene rings is 2. The molecule has 1 aliphatic rings. The van der Waals surface area contributed by atoms with Crippen molar-refractivity contribution in [3.8, 4) is 0 Å². The van der Waals surface area contributed by atoms with Crippen molar-refractivity contribution in [3.05, 3.63) is 65.2 Å². The fourth-order valence-corrected chi connectivity index (χ4v) is 4.92. The first-order valence-corrected chi connectivity index (χ1v) is 13.0. The maximum absolute atomic E-state index is 13.0. The summed E-state index contributed by atoms with van der Waals surface area (Å²) in [5, 5.41) is 3.74. The number of hydrogen-bond acceptors (Lipinski definition) is 4. The molecule has 1 aliphatic heterocycles. The van der Waals surface area contributed by atoms with Crippen molar-refractivity contribution in [3.63, 3.8) is 0 Å². The highest BCUT2D eigenvalue weighted by atomic mass is 35.5. The summed E-state index contributed by atoms with van der Waals surface area (Å²) in [6.45, 7) is 3.36. The van der Waals surface area contributed by atoms with E-state index in [1.165, 1.54) is 36.6 Å². The minimum Gasteiger partial charge on any atom is -0.355 e. The van der Waals surface area contributed by atoms with Crippen LogP contribution in [0.1, 0.15) is 51.0 Å². The monoisotopic (exact) mass is 485 g/mol. The Morgan fingerprint density at radius 3 is 2.55 bits per heavy atom. The molecule has 1 N–H and O–H groups in total. The van der Waals surface area contributed by atoms with Gasteiger partial charge in [-0.25, -0.2) is 4.99 Å². The number of halogens is 1. The molecule has 0 spiro atoms. The molecule has 1 saturated heterocycles. The molecule has 0 aliphatic carbocycles. The number of amidine groups is 1. The van der Waals surface area contributed by atoms with Gasteiger partial charge in [-0.3, -0.25) is 14.5 Å². The summed E-state index contributed by atoms with van der Waals surface area (Å²) in [4.78, 5) is 32.3. The standard InChI is InChI=1S/C26H32ClN3O2S/c1-2-3-4-5-9-18-30-24(31)19-23(25(32)28-17-16-20-10-7-6-8-11-20)33-26(30)29-22-14-12-21(27)13-15-22/h6-8,10-15,23H,2-5,9,16-19H2,1H3,(H,28,32). The number of unbranched alkanes of at least 4 members (excludes halogenated alkanes) is 4. The summed E-state index contributed by atoms with van der Waals surface area (Å²) in [6.07, 6.45) is 6.52. The summed E-state index contributed by atoms with van der Waals surface area (Å²) in [7, 11) is 0. The molecule has 7 heteroatoms. The van der Waals surface area contributed by atoms with Crippen molar-refractivity contribution in [2.45, 2.75) is 57.1 Å². The Morgan fingerprint density at radius 1 is 1.09 bits per heavy atom. The lowest BCUT2D eigenvalue weighted by molar-refractivity contribution is -0.130. The number of aliphatic imine (C=N–C) groups is 1. The van der Waals surface area contributed by atoms with Crippen LogP contribution in [0.2, 0.25) is 5.02 Å². The second-order valence-electron chi connectivity index (χ2n) is 8.17. The minimum atomic E-state index is -0.476. The molecular weight excluding hydrogens is 454 g/mol. The van der Waals surface area contributed by atoms with E-state index >= 15 is 0 Å². The molecule has 0 saturated carbocycles. The molecule has 2 aromatic rings. The van der Waals surface area contributed by atoms with Crippen LogP contribution in [-0.2, 0) is 16.0 Å². The summed E-state index contributed by atoms with van der Waals surface area (Å²) in [5.74, 6) is -0.157. The van der Waals surface area contributed by atoms with Crippen molar-refractivity contribution in [2.75, 3.05) is 13.1 Å². The average Bonchev–Trinajstić information content (AvgIpc) is 2.82. The highest BCUT2D eigenvalue weighted by Gasteiger charge is 2.35. The molecule has 1 fully saturated rings. The second-order valence-corrected chi connectivity index (χ2v) is 9.77. The van der Waals surface area contributed by atoms with Gasteiger partial charge in [0.05, 0.1) is 10.9 Å². The van der Waals surface area contributed by atoms with Crippen LogP contribution in [0.5, 0.6) is 0 Å². The van der Waals surface area contributed by atoms with Gasteiger partial charge < -0.3 is 5.32 Å². The van der Waals surface area contributed by atoms with E-state index < -0.39 is 5.25 Å². The van der Waals surface area contributed by atoms with Crippen molar-refractivity contribution in [1.82, 2.24) is 10.2 Å². The Balaban J connectivity index is 1.65. The molecule has 2 aromatic carbocycles. The lowest BCUT2D eigenvalue weighted by Gasteiger charge is -2.32. The predicted octanol–water partition coefficient (Wildman–Crippen LogP) is 5.99. The molecule has 3 rings (SSSR count). The molecular formula is C26H32ClN3O2S. The number of carbonyl (C=O) groups excluding carboxylic acids is 2. The van der Waals surface area contributed by atoms with E-state index in [4.69, 9.17) is 16.6 Å². The molecule has 1 unspecified atom stereocenters. The van der Waals surface area contributed by atoms with Gasteiger partial charge in [-0.05, 0) is 42.7 Å². The maximum Gasteiger partial charge on any atom is 0.234 e. The van der Waals surface area contributed by atoms with E-state index in [0.717, 1.165) is 24.9 Å². The van der Waals surface area contributed by atoms with Gasteiger partial charge in [-0.1, -0.05) is 86.3 Å². The third kappa shape index (κ3) is 8.20. The van der Waals surface area contributed by atoms with Gasteiger partial charge in [0.15, 0.2) is 5.17 Å². The molecule has 0 bridgehead atoms. The fraction of sp³-hybridized carbons (Fsp3) is 0.423. The van der Waals surface area contributed by atoms with Crippen molar-refractivity contribution >= 4 is 46.0 Å². The molecule has 2 amide bonds. The maximum atomic E-state index is 13.0. The molecule has 5 nitrogen and oxygen atoms in total. The van der Waals surface area contributed by atoms with Gasteiger partial charge in [0.1, 0.15) is 0 Å². The van der Waals surface area contributed by atoms with Crippen LogP contribution >= 0.6 is 23.4 Å². The van der Waals surface area contributed by atoms with Crippen molar-refractivity contribution < 1.29 is 9.59 Å². The second kappa shape index (κ2) is 13.4. The molecule has 0 radical (unpaired) electrons. The van der Waals surface area contributed by atoms with E-state index in [1.807, 2.05) is 42.5 Å². The van der Waals surface area contributed by atoms with Crippen LogP contribution in [0, 0.1) is 0 Å². The van der Waals surface area contributed by atoms with Crippen LogP contribution < -0.4 is 5.32 Å². The van der Waals surface area contributed by atoms with E-state index in [9.17, 15) is 9.59 Å². The van der Waals surface area contributed by atoms with E-state index in [-0.39, 0.29) is 18.2 Å². The zero-order valence-electron chi connectivity index (χ0n) is 19.1. The Hall–Kier alpha value is -2.31. The molecule has 1 atom stereocenters.